The van der Waals surface area contributed by atoms with Crippen LogP contribution >= 0.6 is 0 Å². The number of fused-ring (bicyclic) bond motifs is 1. The maximum atomic E-state index is 12.8. The fraction of sp³-hybridized carbons (Fsp3) is 0.450. The van der Waals surface area contributed by atoms with E-state index in [-0.39, 0.29) is 17.6 Å². The van der Waals surface area contributed by atoms with E-state index in [0.29, 0.717) is 0 Å². The summed E-state index contributed by atoms with van der Waals surface area (Å²) < 4.78 is 16.9. The molecule has 0 radical (unpaired) electrons. The Balaban J connectivity index is 1.98. The number of nitrogens with one attached hydrogen (secondary N) is 1. The lowest BCUT2D eigenvalue weighted by molar-refractivity contribution is 0.314. The van der Waals surface area contributed by atoms with Crippen molar-refractivity contribution >= 4 is 11.4 Å². The summed E-state index contributed by atoms with van der Waals surface area (Å²) in [7, 11) is 0. The Morgan fingerprint density at radius 1 is 1.20 bits per heavy atom. The molecule has 1 N–H and O–H groups in total. The molecule has 0 bridgehead atoms. The second-order valence-corrected chi connectivity index (χ2v) is 7.99. The van der Waals surface area contributed by atoms with Gasteiger partial charge in [0.25, 0.3) is 5.56 Å². The van der Waals surface area contributed by atoms with Gasteiger partial charge in [0.1, 0.15) is 6.26 Å². The van der Waals surface area contributed by atoms with Crippen LogP contribution in [0.1, 0.15) is 41.8 Å². The first kappa shape index (κ1) is 18.2. The molecule has 4 nitrogen and oxygen atoms in total. The number of hydrogen-bond donors (Lipinski definition) is 1. The zero-order valence-electron chi connectivity index (χ0n) is 15.1. The predicted molar refractivity (Wildman–Crippen MR) is 103 cm³/mol. The molecule has 3 atom stereocenters. The minimum atomic E-state index is -1.10. The smallest absolute Gasteiger partial charge is 0.253 e. The number of hydrogen-bond acceptors (Lipinski definition) is 3. The molecular formula is C20H26N2O2S. The van der Waals surface area contributed by atoms with Crippen molar-refractivity contribution in [3.63, 3.8) is 0 Å². The third-order valence-corrected chi connectivity index (χ3v) is 5.73. The van der Waals surface area contributed by atoms with Crippen molar-refractivity contribution < 1.29 is 4.55 Å². The normalized spacial score (nSPS) is 21.0. The zero-order chi connectivity index (χ0) is 18.0. The fourth-order valence-corrected chi connectivity index (χ4v) is 4.37. The van der Waals surface area contributed by atoms with Crippen LogP contribution in [0.25, 0.3) is 0 Å². The van der Waals surface area contributed by atoms with Crippen LogP contribution in [0.15, 0.2) is 41.2 Å². The number of pyridine rings is 1. The molecule has 134 valence electrons. The molecule has 2 heterocycles. The van der Waals surface area contributed by atoms with Gasteiger partial charge in [0.15, 0.2) is 0 Å². The van der Waals surface area contributed by atoms with E-state index >= 15 is 0 Å². The van der Waals surface area contributed by atoms with Crippen LogP contribution in [0.2, 0.25) is 0 Å². The maximum Gasteiger partial charge on any atom is 0.253 e. The van der Waals surface area contributed by atoms with Gasteiger partial charge in [0.05, 0.1) is 12.1 Å². The molecule has 0 saturated carbocycles. The highest BCUT2D eigenvalue weighted by molar-refractivity contribution is 7.88. The standard InChI is InChI=1S/C20H26N2O2S/c1-4-15-6-8-16(9-7-15)13-19-18(21-25(3)24)12-11-17-10-5-14(2)20(23)22(17)19/h5-10,18-19,21H,4,11-13H2,1-3H3. The van der Waals surface area contributed by atoms with Crippen molar-refractivity contribution in [3.05, 3.63) is 69.1 Å². The van der Waals surface area contributed by atoms with Crippen LogP contribution in [0.3, 0.4) is 0 Å². The number of benzene rings is 1. The minimum absolute atomic E-state index is 0.0208. The number of nitrogens with zero attached hydrogens (tertiary/aromatic N) is 1. The Hall–Kier alpha value is -1.56. The van der Waals surface area contributed by atoms with Crippen molar-refractivity contribution in [1.82, 2.24) is 9.29 Å². The van der Waals surface area contributed by atoms with E-state index in [0.717, 1.165) is 36.9 Å². The van der Waals surface area contributed by atoms with Crippen LogP contribution in [0.5, 0.6) is 0 Å². The highest BCUT2D eigenvalue weighted by Gasteiger charge is 2.32. The van der Waals surface area contributed by atoms with Crippen molar-refractivity contribution in [2.45, 2.75) is 51.6 Å². The Morgan fingerprint density at radius 2 is 1.88 bits per heavy atom. The molecule has 2 aromatic rings. The average molecular weight is 359 g/mol. The second kappa shape index (κ2) is 7.77. The van der Waals surface area contributed by atoms with Gasteiger partial charge in [-0.15, -0.1) is 4.72 Å². The zero-order valence-corrected chi connectivity index (χ0v) is 15.9. The quantitative estimate of drug-likeness (QED) is 0.836. The van der Waals surface area contributed by atoms with Crippen LogP contribution in [-0.4, -0.2) is 21.4 Å². The van der Waals surface area contributed by atoms with Gasteiger partial charge < -0.3 is 9.12 Å². The van der Waals surface area contributed by atoms with Crippen molar-refractivity contribution in [3.8, 4) is 0 Å². The summed E-state index contributed by atoms with van der Waals surface area (Å²) in [5.41, 5.74) is 4.42. The van der Waals surface area contributed by atoms with Gasteiger partial charge in [-0.05, 0) is 49.8 Å². The van der Waals surface area contributed by atoms with Gasteiger partial charge in [0.2, 0.25) is 0 Å². The molecule has 0 spiro atoms. The second-order valence-electron chi connectivity index (χ2n) is 6.84. The van der Waals surface area contributed by atoms with Crippen LogP contribution < -0.4 is 10.3 Å². The Bertz CT molecular complexity index is 783. The third-order valence-electron chi connectivity index (χ3n) is 5.09. The predicted octanol–water partition coefficient (Wildman–Crippen LogP) is 2.70. The summed E-state index contributed by atoms with van der Waals surface area (Å²) in [6.07, 6.45) is 5.15. The lowest BCUT2D eigenvalue weighted by atomic mass is 9.91. The van der Waals surface area contributed by atoms with E-state index in [2.05, 4.69) is 42.0 Å². The van der Waals surface area contributed by atoms with Gasteiger partial charge in [-0.25, -0.2) is 0 Å². The molecule has 0 aliphatic carbocycles. The Labute approximate surface area is 152 Å². The minimum Gasteiger partial charge on any atom is -0.598 e. The molecule has 1 aliphatic heterocycles. The average Bonchev–Trinajstić information content (AvgIpc) is 2.60. The molecule has 0 amide bonds. The number of aryl methyl sites for hydroxylation is 3. The highest BCUT2D eigenvalue weighted by atomic mass is 32.2. The SMILES string of the molecule is CCc1ccc(CC2C(N[S+](C)[O-])CCc3ccc(C)c(=O)n32)cc1. The van der Waals surface area contributed by atoms with E-state index in [1.807, 2.05) is 17.6 Å². The van der Waals surface area contributed by atoms with Crippen LogP contribution in [0, 0.1) is 6.92 Å². The van der Waals surface area contributed by atoms with Crippen molar-refractivity contribution in [2.75, 3.05) is 6.26 Å². The first-order valence-electron chi connectivity index (χ1n) is 8.88. The molecule has 0 fully saturated rings. The van der Waals surface area contributed by atoms with Gasteiger partial charge in [-0.2, -0.15) is 0 Å². The van der Waals surface area contributed by atoms with E-state index < -0.39 is 11.4 Å². The fourth-order valence-electron chi connectivity index (χ4n) is 3.67. The first-order valence-corrected chi connectivity index (χ1v) is 10.4. The lowest BCUT2D eigenvalue weighted by Crippen LogP contribution is -2.48. The van der Waals surface area contributed by atoms with Gasteiger partial charge in [0, 0.05) is 22.6 Å². The van der Waals surface area contributed by atoms with E-state index in [1.165, 1.54) is 11.1 Å². The first-order chi connectivity index (χ1) is 12.0. The van der Waals surface area contributed by atoms with Crippen LogP contribution in [0.4, 0.5) is 0 Å². The molecular weight excluding hydrogens is 332 g/mol. The molecule has 1 aliphatic rings. The summed E-state index contributed by atoms with van der Waals surface area (Å²) in [6.45, 7) is 4.00. The van der Waals surface area contributed by atoms with Gasteiger partial charge >= 0.3 is 0 Å². The molecule has 3 unspecified atom stereocenters. The van der Waals surface area contributed by atoms with Gasteiger partial charge in [-0.1, -0.05) is 37.3 Å². The summed E-state index contributed by atoms with van der Waals surface area (Å²) in [5, 5.41) is 0. The van der Waals surface area contributed by atoms with Crippen LogP contribution in [-0.2, 0) is 30.6 Å². The molecule has 5 heteroatoms. The highest BCUT2D eigenvalue weighted by Crippen LogP contribution is 2.28. The Kier molecular flexibility index (Phi) is 5.67. The monoisotopic (exact) mass is 358 g/mol. The lowest BCUT2D eigenvalue weighted by Gasteiger charge is -2.35. The molecule has 25 heavy (non-hydrogen) atoms. The number of aromatic nitrogens is 1. The summed E-state index contributed by atoms with van der Waals surface area (Å²) in [4.78, 5) is 12.8. The summed E-state index contributed by atoms with van der Waals surface area (Å²) >= 11 is -1.10. The molecule has 3 rings (SSSR count). The largest absolute Gasteiger partial charge is 0.598 e. The molecule has 1 aromatic heterocycles. The number of rotatable bonds is 5. The summed E-state index contributed by atoms with van der Waals surface area (Å²) in [5.74, 6) is 0. The molecule has 0 saturated heterocycles. The van der Waals surface area contributed by atoms with E-state index in [9.17, 15) is 9.35 Å². The van der Waals surface area contributed by atoms with Crippen molar-refractivity contribution in [2.24, 2.45) is 0 Å². The Morgan fingerprint density at radius 3 is 2.52 bits per heavy atom. The van der Waals surface area contributed by atoms with Gasteiger partial charge in [-0.3, -0.25) is 4.79 Å². The third kappa shape index (κ3) is 4.00. The van der Waals surface area contributed by atoms with E-state index in [1.54, 1.807) is 6.26 Å². The van der Waals surface area contributed by atoms with E-state index in [4.69, 9.17) is 0 Å². The maximum absolute atomic E-state index is 12.8. The van der Waals surface area contributed by atoms with Crippen molar-refractivity contribution in [1.29, 1.82) is 0 Å². The molecule has 1 aromatic carbocycles. The summed E-state index contributed by atoms with van der Waals surface area (Å²) in [6, 6.07) is 12.6. The topological polar surface area (TPSA) is 57.1 Å².